The molecule has 19 heavy (non-hydrogen) atoms. The molecular weight excluding hydrogens is 440 g/mol. The van der Waals surface area contributed by atoms with Gasteiger partial charge in [0, 0.05) is 20.0 Å². The summed E-state index contributed by atoms with van der Waals surface area (Å²) in [4.78, 5) is 8.68. The van der Waals surface area contributed by atoms with E-state index in [1.807, 2.05) is 32.0 Å². The van der Waals surface area contributed by atoms with Crippen LogP contribution in [0.5, 0.6) is 0 Å². The summed E-state index contributed by atoms with van der Waals surface area (Å²) in [5.74, 6) is 1.67. The van der Waals surface area contributed by atoms with Gasteiger partial charge in [-0.25, -0.2) is 9.97 Å². The lowest BCUT2D eigenvalue weighted by Crippen LogP contribution is -2.02. The summed E-state index contributed by atoms with van der Waals surface area (Å²) in [6.45, 7) is 4.08. The van der Waals surface area contributed by atoms with Crippen molar-refractivity contribution in [2.45, 2.75) is 19.8 Å². The number of benzene rings is 1. The van der Waals surface area contributed by atoms with Crippen LogP contribution in [0.2, 0.25) is 5.15 Å². The van der Waals surface area contributed by atoms with Crippen LogP contribution in [0.4, 0.5) is 11.5 Å². The minimum atomic E-state index is 0.236. The normalized spacial score (nSPS) is 10.8. The standard InChI is InChI=1S/C13H12BrClIN3/c1-7(2)13-18-11(15)6-12(19-13)17-10-4-3-8(16)5-9(10)14/h3-7H,1-2H3,(H,17,18,19). The average Bonchev–Trinajstić information content (AvgIpc) is 2.32. The predicted molar refractivity (Wildman–Crippen MR) is 91.3 cm³/mol. The summed E-state index contributed by atoms with van der Waals surface area (Å²) in [5.41, 5.74) is 0.949. The Labute approximate surface area is 139 Å². The summed E-state index contributed by atoms with van der Waals surface area (Å²) in [5, 5.41) is 3.70. The van der Waals surface area contributed by atoms with Crippen molar-refractivity contribution in [1.82, 2.24) is 9.97 Å². The molecule has 3 nitrogen and oxygen atoms in total. The van der Waals surface area contributed by atoms with Crippen LogP contribution in [-0.4, -0.2) is 9.97 Å². The molecule has 1 N–H and O–H groups in total. The largest absolute Gasteiger partial charge is 0.339 e. The van der Waals surface area contributed by atoms with E-state index in [9.17, 15) is 0 Å². The van der Waals surface area contributed by atoms with E-state index in [-0.39, 0.29) is 5.92 Å². The van der Waals surface area contributed by atoms with Gasteiger partial charge in [0.25, 0.3) is 0 Å². The maximum Gasteiger partial charge on any atom is 0.135 e. The number of aromatic nitrogens is 2. The first kappa shape index (κ1) is 15.0. The van der Waals surface area contributed by atoms with Crippen molar-refractivity contribution in [3.8, 4) is 0 Å². The Kier molecular flexibility index (Phi) is 5.03. The molecule has 0 aliphatic heterocycles. The van der Waals surface area contributed by atoms with Crippen LogP contribution in [0, 0.1) is 3.57 Å². The number of nitrogens with one attached hydrogen (secondary N) is 1. The fourth-order valence-electron chi connectivity index (χ4n) is 1.49. The first-order valence-corrected chi connectivity index (χ1v) is 7.97. The quantitative estimate of drug-likeness (QED) is 0.503. The van der Waals surface area contributed by atoms with E-state index in [2.05, 4.69) is 53.8 Å². The Hall–Kier alpha value is -0.400. The molecule has 0 fully saturated rings. The van der Waals surface area contributed by atoms with E-state index in [1.54, 1.807) is 6.07 Å². The average molecular weight is 453 g/mol. The van der Waals surface area contributed by atoms with Gasteiger partial charge < -0.3 is 5.32 Å². The molecular formula is C13H12BrClIN3. The Morgan fingerprint density at radius 1 is 1.26 bits per heavy atom. The fourth-order valence-corrected chi connectivity index (χ4v) is 3.07. The number of nitrogens with zero attached hydrogens (tertiary/aromatic N) is 2. The molecule has 0 amide bonds. The highest BCUT2D eigenvalue weighted by Crippen LogP contribution is 2.28. The van der Waals surface area contributed by atoms with Gasteiger partial charge in [-0.15, -0.1) is 0 Å². The molecule has 0 atom stereocenters. The van der Waals surface area contributed by atoms with Gasteiger partial charge in [-0.1, -0.05) is 25.4 Å². The van der Waals surface area contributed by atoms with E-state index in [0.717, 1.165) is 16.0 Å². The van der Waals surface area contributed by atoms with Gasteiger partial charge in [-0.3, -0.25) is 0 Å². The number of anilines is 2. The molecule has 0 aliphatic rings. The number of halogens is 3. The molecule has 0 spiro atoms. The molecule has 0 radical (unpaired) electrons. The van der Waals surface area contributed by atoms with Crippen molar-refractivity contribution in [2.75, 3.05) is 5.32 Å². The first-order chi connectivity index (χ1) is 8.95. The lowest BCUT2D eigenvalue weighted by Gasteiger charge is -2.11. The van der Waals surface area contributed by atoms with E-state index >= 15 is 0 Å². The van der Waals surface area contributed by atoms with Crippen LogP contribution >= 0.6 is 50.1 Å². The van der Waals surface area contributed by atoms with Gasteiger partial charge in [0.2, 0.25) is 0 Å². The molecule has 100 valence electrons. The van der Waals surface area contributed by atoms with Crippen LogP contribution in [0.25, 0.3) is 0 Å². The van der Waals surface area contributed by atoms with E-state index in [1.165, 1.54) is 3.57 Å². The monoisotopic (exact) mass is 451 g/mol. The third-order valence-electron chi connectivity index (χ3n) is 2.42. The second-order valence-corrected chi connectivity index (χ2v) is 6.83. The van der Waals surface area contributed by atoms with Crippen molar-refractivity contribution in [3.05, 3.63) is 43.3 Å². The molecule has 2 aromatic rings. The lowest BCUT2D eigenvalue weighted by molar-refractivity contribution is 0.776. The Balaban J connectivity index is 2.32. The van der Waals surface area contributed by atoms with E-state index in [4.69, 9.17) is 11.6 Å². The summed E-state index contributed by atoms with van der Waals surface area (Å²) in [7, 11) is 0. The topological polar surface area (TPSA) is 37.8 Å². The van der Waals surface area contributed by atoms with Gasteiger partial charge in [0.05, 0.1) is 5.69 Å². The molecule has 1 aromatic carbocycles. The minimum absolute atomic E-state index is 0.236. The summed E-state index contributed by atoms with van der Waals surface area (Å²) in [6.07, 6.45) is 0. The SMILES string of the molecule is CC(C)c1nc(Cl)cc(Nc2ccc(I)cc2Br)n1. The molecule has 0 bridgehead atoms. The third kappa shape index (κ3) is 4.03. The van der Waals surface area contributed by atoms with Gasteiger partial charge >= 0.3 is 0 Å². The first-order valence-electron chi connectivity index (χ1n) is 5.72. The number of rotatable bonds is 3. The summed E-state index contributed by atoms with van der Waals surface area (Å²) < 4.78 is 2.15. The van der Waals surface area contributed by atoms with Crippen molar-refractivity contribution < 1.29 is 0 Å². The van der Waals surface area contributed by atoms with Crippen LogP contribution in [-0.2, 0) is 0 Å². The zero-order chi connectivity index (χ0) is 14.0. The van der Waals surface area contributed by atoms with Gasteiger partial charge in [0.1, 0.15) is 16.8 Å². The Bertz CT molecular complexity index is 604. The zero-order valence-electron chi connectivity index (χ0n) is 10.4. The molecule has 0 saturated heterocycles. The number of hydrogen-bond donors (Lipinski definition) is 1. The van der Waals surface area contributed by atoms with Crippen LogP contribution in [0.15, 0.2) is 28.7 Å². The summed E-state index contributed by atoms with van der Waals surface area (Å²) >= 11 is 11.8. The van der Waals surface area contributed by atoms with Crippen molar-refractivity contribution in [2.24, 2.45) is 0 Å². The fraction of sp³-hybridized carbons (Fsp3) is 0.231. The molecule has 0 unspecified atom stereocenters. The Morgan fingerprint density at radius 2 is 2.00 bits per heavy atom. The molecule has 6 heteroatoms. The highest BCUT2D eigenvalue weighted by atomic mass is 127. The zero-order valence-corrected chi connectivity index (χ0v) is 14.9. The van der Waals surface area contributed by atoms with Gasteiger partial charge in [0.15, 0.2) is 0 Å². The highest BCUT2D eigenvalue weighted by Gasteiger charge is 2.08. The maximum absolute atomic E-state index is 6.02. The molecule has 0 aliphatic carbocycles. The predicted octanol–water partition coefficient (Wildman–Crippen LogP) is 5.36. The van der Waals surface area contributed by atoms with Crippen molar-refractivity contribution in [1.29, 1.82) is 0 Å². The second kappa shape index (κ2) is 6.37. The van der Waals surface area contributed by atoms with E-state index in [0.29, 0.717) is 11.0 Å². The molecule has 1 aromatic heterocycles. The smallest absolute Gasteiger partial charge is 0.135 e. The molecule has 2 rings (SSSR count). The van der Waals surface area contributed by atoms with Gasteiger partial charge in [-0.2, -0.15) is 0 Å². The van der Waals surface area contributed by atoms with Crippen LogP contribution < -0.4 is 5.32 Å². The number of hydrogen-bond acceptors (Lipinski definition) is 3. The third-order valence-corrected chi connectivity index (χ3v) is 3.94. The highest BCUT2D eigenvalue weighted by molar-refractivity contribution is 14.1. The van der Waals surface area contributed by atoms with Gasteiger partial charge in [-0.05, 0) is 56.7 Å². The molecule has 1 heterocycles. The molecule has 0 saturated carbocycles. The van der Waals surface area contributed by atoms with Crippen molar-refractivity contribution >= 4 is 61.6 Å². The van der Waals surface area contributed by atoms with E-state index < -0.39 is 0 Å². The lowest BCUT2D eigenvalue weighted by atomic mass is 10.2. The van der Waals surface area contributed by atoms with Crippen LogP contribution in [0.1, 0.15) is 25.6 Å². The minimum Gasteiger partial charge on any atom is -0.339 e. The van der Waals surface area contributed by atoms with Crippen LogP contribution in [0.3, 0.4) is 0 Å². The summed E-state index contributed by atoms with van der Waals surface area (Å²) in [6, 6.07) is 7.78. The second-order valence-electron chi connectivity index (χ2n) is 4.34. The van der Waals surface area contributed by atoms with Crippen molar-refractivity contribution in [3.63, 3.8) is 0 Å². The maximum atomic E-state index is 6.02. The Morgan fingerprint density at radius 3 is 2.63 bits per heavy atom.